The van der Waals surface area contributed by atoms with Crippen molar-refractivity contribution in [1.29, 1.82) is 0 Å². The molecule has 1 heterocycles. The van der Waals surface area contributed by atoms with Crippen molar-refractivity contribution >= 4 is 15.8 Å². The topological polar surface area (TPSA) is 54.5 Å². The number of benzene rings is 1. The molecule has 1 saturated heterocycles. The number of aryl methyl sites for hydroxylation is 1. The number of nitrogens with zero attached hydrogens (tertiary/aromatic N) is 1. The lowest BCUT2D eigenvalue weighted by Crippen LogP contribution is -2.58. The Hall–Kier alpha value is -1.68. The van der Waals surface area contributed by atoms with Gasteiger partial charge in [-0.3, -0.25) is 4.79 Å². The average molecular weight is 331 g/mol. The van der Waals surface area contributed by atoms with Crippen LogP contribution in [0.5, 0.6) is 0 Å². The van der Waals surface area contributed by atoms with Gasteiger partial charge < -0.3 is 0 Å². The molecule has 1 aliphatic heterocycles. The molecule has 0 aromatic heterocycles. The molecule has 2 bridgehead atoms. The van der Waals surface area contributed by atoms with E-state index < -0.39 is 15.6 Å². The number of carbonyl (C=O) groups excluding carboxylic acids is 1. The fourth-order valence-corrected chi connectivity index (χ4v) is 5.40. The predicted octanol–water partition coefficient (Wildman–Crippen LogP) is 2.84. The van der Waals surface area contributed by atoms with E-state index in [1.807, 2.05) is 13.8 Å². The second-order valence-electron chi connectivity index (χ2n) is 6.75. The smallest absolute Gasteiger partial charge is 0.243 e. The van der Waals surface area contributed by atoms with E-state index in [2.05, 4.69) is 12.3 Å². The average Bonchev–Trinajstić information content (AvgIpc) is 2.51. The fraction of sp³-hybridized carbons (Fsp3) is 0.444. The van der Waals surface area contributed by atoms with Gasteiger partial charge in [-0.2, -0.15) is 4.31 Å². The zero-order valence-corrected chi connectivity index (χ0v) is 14.3. The van der Waals surface area contributed by atoms with Crippen molar-refractivity contribution in [3.8, 4) is 0 Å². The van der Waals surface area contributed by atoms with Gasteiger partial charge in [0, 0.05) is 24.4 Å². The summed E-state index contributed by atoms with van der Waals surface area (Å²) in [5.74, 6) is -0.0447. The Morgan fingerprint density at radius 1 is 1.30 bits per heavy atom. The first-order valence-electron chi connectivity index (χ1n) is 7.79. The number of ketones is 1. The Morgan fingerprint density at radius 3 is 2.57 bits per heavy atom. The van der Waals surface area contributed by atoms with Gasteiger partial charge in [0.15, 0.2) is 0 Å². The van der Waals surface area contributed by atoms with Crippen LogP contribution in [0.1, 0.15) is 31.7 Å². The molecule has 5 heteroatoms. The molecule has 122 valence electrons. The van der Waals surface area contributed by atoms with Crippen molar-refractivity contribution in [2.45, 2.75) is 43.5 Å². The zero-order valence-electron chi connectivity index (χ0n) is 13.5. The van der Waals surface area contributed by atoms with E-state index in [-0.39, 0.29) is 18.2 Å². The number of fused-ring (bicyclic) bond motifs is 2. The maximum Gasteiger partial charge on any atom is 0.243 e. The standard InChI is InChI=1S/C18H21NO3S/c1-4-14-12-19(18(3)10-9-17(20)16(14)11-18)23(21,22)15-7-5-13(2)6-8-15/h5-8,16H,1,9-12H2,2-3H3/t16-,18+/m0/s1. The first-order chi connectivity index (χ1) is 10.8. The monoisotopic (exact) mass is 331 g/mol. The zero-order chi connectivity index (χ0) is 16.8. The molecular weight excluding hydrogens is 310 g/mol. The molecular formula is C18H21NO3S. The Bertz CT molecular complexity index is 803. The van der Waals surface area contributed by atoms with Gasteiger partial charge in [0.05, 0.1) is 4.90 Å². The molecule has 3 rings (SSSR count). The molecule has 1 aliphatic carbocycles. The van der Waals surface area contributed by atoms with Crippen molar-refractivity contribution in [1.82, 2.24) is 4.31 Å². The van der Waals surface area contributed by atoms with E-state index in [9.17, 15) is 13.2 Å². The molecule has 2 fully saturated rings. The van der Waals surface area contributed by atoms with Gasteiger partial charge in [0.2, 0.25) is 10.0 Å². The van der Waals surface area contributed by atoms with Crippen LogP contribution >= 0.6 is 0 Å². The molecule has 0 amide bonds. The first kappa shape index (κ1) is 16.2. The third kappa shape index (κ3) is 2.59. The maximum absolute atomic E-state index is 13.1. The highest BCUT2D eigenvalue weighted by atomic mass is 32.2. The molecule has 0 radical (unpaired) electrons. The number of piperidine rings is 1. The normalized spacial score (nSPS) is 28.5. The van der Waals surface area contributed by atoms with Crippen molar-refractivity contribution in [3.63, 3.8) is 0 Å². The largest absolute Gasteiger partial charge is 0.299 e. The van der Waals surface area contributed by atoms with Crippen LogP contribution in [-0.4, -0.2) is 30.6 Å². The Balaban J connectivity index is 2.06. The van der Waals surface area contributed by atoms with Crippen LogP contribution < -0.4 is 0 Å². The third-order valence-electron chi connectivity index (χ3n) is 5.12. The van der Waals surface area contributed by atoms with Gasteiger partial charge in [-0.05, 0) is 44.4 Å². The summed E-state index contributed by atoms with van der Waals surface area (Å²) in [4.78, 5) is 12.4. The van der Waals surface area contributed by atoms with Gasteiger partial charge in [0.25, 0.3) is 0 Å². The van der Waals surface area contributed by atoms with Gasteiger partial charge in [0.1, 0.15) is 5.78 Å². The number of Topliss-reactive ketones (excluding diaryl/α,β-unsaturated/α-hetero) is 1. The number of sulfonamides is 1. The number of rotatable bonds is 2. The van der Waals surface area contributed by atoms with E-state index in [4.69, 9.17) is 0 Å². The minimum absolute atomic E-state index is 0.181. The fourth-order valence-electron chi connectivity index (χ4n) is 3.61. The van der Waals surface area contributed by atoms with E-state index >= 15 is 0 Å². The van der Waals surface area contributed by atoms with E-state index in [0.717, 1.165) is 5.56 Å². The predicted molar refractivity (Wildman–Crippen MR) is 88.5 cm³/mol. The van der Waals surface area contributed by atoms with Crippen LogP contribution in [-0.2, 0) is 14.8 Å². The quantitative estimate of drug-likeness (QED) is 0.783. The maximum atomic E-state index is 13.1. The van der Waals surface area contributed by atoms with Crippen LogP contribution in [0.25, 0.3) is 0 Å². The van der Waals surface area contributed by atoms with Gasteiger partial charge >= 0.3 is 0 Å². The lowest BCUT2D eigenvalue weighted by atomic mass is 9.70. The van der Waals surface area contributed by atoms with Crippen LogP contribution in [0.15, 0.2) is 47.0 Å². The summed E-state index contributed by atoms with van der Waals surface area (Å²) in [5.41, 5.74) is 4.00. The van der Waals surface area contributed by atoms with Crippen molar-refractivity contribution in [3.05, 3.63) is 47.7 Å². The Morgan fingerprint density at radius 2 is 1.96 bits per heavy atom. The SMILES string of the molecule is C=C=C1CN(S(=O)(=O)c2ccc(C)cc2)[C@]2(C)CCC(=O)[C@H]1C2. The lowest BCUT2D eigenvalue weighted by molar-refractivity contribution is -0.127. The van der Waals surface area contributed by atoms with Crippen LogP contribution in [0.4, 0.5) is 0 Å². The summed E-state index contributed by atoms with van der Waals surface area (Å²) in [6.45, 7) is 7.72. The van der Waals surface area contributed by atoms with Crippen LogP contribution in [0.2, 0.25) is 0 Å². The summed E-state index contributed by atoms with van der Waals surface area (Å²) >= 11 is 0. The molecule has 0 unspecified atom stereocenters. The van der Waals surface area contributed by atoms with Gasteiger partial charge in [-0.25, -0.2) is 8.42 Å². The highest BCUT2D eigenvalue weighted by molar-refractivity contribution is 7.89. The Kier molecular flexibility index (Phi) is 3.83. The molecule has 0 spiro atoms. The highest BCUT2D eigenvalue weighted by Gasteiger charge is 2.51. The van der Waals surface area contributed by atoms with Gasteiger partial charge in [-0.15, -0.1) is 5.73 Å². The summed E-state index contributed by atoms with van der Waals surface area (Å²) in [6.07, 6.45) is 1.50. The Labute approximate surface area is 137 Å². The highest BCUT2D eigenvalue weighted by Crippen LogP contribution is 2.45. The summed E-state index contributed by atoms with van der Waals surface area (Å²) in [6, 6.07) is 6.89. The van der Waals surface area contributed by atoms with Crippen molar-refractivity contribution in [2.75, 3.05) is 6.54 Å². The number of hydrogen-bond acceptors (Lipinski definition) is 3. The first-order valence-corrected chi connectivity index (χ1v) is 9.23. The van der Waals surface area contributed by atoms with Crippen LogP contribution in [0, 0.1) is 12.8 Å². The molecule has 23 heavy (non-hydrogen) atoms. The van der Waals surface area contributed by atoms with E-state index in [1.54, 1.807) is 28.6 Å². The van der Waals surface area contributed by atoms with E-state index in [1.165, 1.54) is 0 Å². The van der Waals surface area contributed by atoms with Gasteiger partial charge in [-0.1, -0.05) is 24.3 Å². The summed E-state index contributed by atoms with van der Waals surface area (Å²) in [7, 11) is -3.62. The molecule has 2 aliphatic rings. The number of hydrogen-bond donors (Lipinski definition) is 0. The van der Waals surface area contributed by atoms with Crippen molar-refractivity contribution < 1.29 is 13.2 Å². The summed E-state index contributed by atoms with van der Waals surface area (Å²) < 4.78 is 27.8. The molecule has 0 N–H and O–H groups in total. The molecule has 1 aromatic carbocycles. The second-order valence-corrected chi connectivity index (χ2v) is 8.61. The van der Waals surface area contributed by atoms with Crippen LogP contribution in [0.3, 0.4) is 0 Å². The summed E-state index contributed by atoms with van der Waals surface area (Å²) in [5, 5.41) is 0. The third-order valence-corrected chi connectivity index (χ3v) is 7.13. The van der Waals surface area contributed by atoms with Crippen molar-refractivity contribution in [2.24, 2.45) is 5.92 Å². The second kappa shape index (κ2) is 5.45. The lowest BCUT2D eigenvalue weighted by Gasteiger charge is -2.49. The molecule has 2 atom stereocenters. The minimum atomic E-state index is -3.62. The molecule has 1 aromatic rings. The minimum Gasteiger partial charge on any atom is -0.299 e. The van der Waals surface area contributed by atoms with E-state index in [0.29, 0.717) is 29.7 Å². The molecule has 4 nitrogen and oxygen atoms in total. The number of carbonyl (C=O) groups is 1. The molecule has 1 saturated carbocycles.